The largest absolute Gasteiger partial charge is 0.497 e. The van der Waals surface area contributed by atoms with Crippen molar-refractivity contribution in [3.8, 4) is 17.1 Å². The number of anilines is 1. The topological polar surface area (TPSA) is 81.4 Å². The van der Waals surface area contributed by atoms with Gasteiger partial charge in [0.15, 0.2) is 11.5 Å². The number of hydrogen-bond donors (Lipinski definition) is 1. The van der Waals surface area contributed by atoms with E-state index in [2.05, 4.69) is 20.6 Å². The van der Waals surface area contributed by atoms with Crippen LogP contribution in [0.5, 0.6) is 5.75 Å². The highest BCUT2D eigenvalue weighted by molar-refractivity contribution is 7.99. The molecule has 1 N–H and O–H groups in total. The molecule has 2 heterocycles. The van der Waals surface area contributed by atoms with Gasteiger partial charge in [-0.25, -0.2) is 0 Å². The highest BCUT2D eigenvalue weighted by Gasteiger charge is 2.12. The lowest BCUT2D eigenvalue weighted by Crippen LogP contribution is -2.14. The Morgan fingerprint density at radius 2 is 1.87 bits per heavy atom. The summed E-state index contributed by atoms with van der Waals surface area (Å²) >= 11 is 13.2. The van der Waals surface area contributed by atoms with E-state index in [1.807, 2.05) is 30.3 Å². The minimum absolute atomic E-state index is 0.179. The number of nitrogens with one attached hydrogen (secondary N) is 1. The minimum Gasteiger partial charge on any atom is -0.497 e. The number of aromatic nitrogens is 4. The Morgan fingerprint density at radius 3 is 2.60 bits per heavy atom. The van der Waals surface area contributed by atoms with Gasteiger partial charge in [0.2, 0.25) is 5.91 Å². The first-order valence-corrected chi connectivity index (χ1v) is 10.5. The summed E-state index contributed by atoms with van der Waals surface area (Å²) in [4.78, 5) is 12.3. The Bertz CT molecular complexity index is 1210. The molecule has 0 atom stereocenters. The maximum atomic E-state index is 12.3. The lowest BCUT2D eigenvalue weighted by molar-refractivity contribution is -0.113. The summed E-state index contributed by atoms with van der Waals surface area (Å²) in [6, 6.07) is 16.0. The number of fused-ring (bicyclic) bond motifs is 1. The molecular weight excluding hydrogens is 445 g/mol. The SMILES string of the molecule is COc1ccc(-c2nnc3ccc(SCC(=O)Nc4ccc(Cl)c(Cl)c4)nn23)cc1. The number of amides is 1. The lowest BCUT2D eigenvalue weighted by Gasteiger charge is -2.06. The standard InChI is InChI=1S/C20H15Cl2N5O2S/c1-29-14-5-2-12(3-6-14)20-25-24-17-8-9-19(26-27(17)20)30-11-18(28)23-13-4-7-15(21)16(22)10-13/h2-10H,11H2,1H3,(H,23,28). The average Bonchev–Trinajstić information content (AvgIpc) is 3.18. The normalized spacial score (nSPS) is 10.9. The minimum atomic E-state index is -0.181. The van der Waals surface area contributed by atoms with Gasteiger partial charge in [0.1, 0.15) is 10.8 Å². The number of rotatable bonds is 6. The number of ether oxygens (including phenoxy) is 1. The molecule has 0 radical (unpaired) electrons. The van der Waals surface area contributed by atoms with Crippen molar-refractivity contribution in [2.75, 3.05) is 18.2 Å². The van der Waals surface area contributed by atoms with E-state index >= 15 is 0 Å². The zero-order valence-corrected chi connectivity index (χ0v) is 18.0. The maximum absolute atomic E-state index is 12.3. The summed E-state index contributed by atoms with van der Waals surface area (Å²) in [7, 11) is 1.62. The van der Waals surface area contributed by atoms with Crippen LogP contribution in [-0.4, -0.2) is 38.6 Å². The molecule has 0 saturated carbocycles. The molecule has 0 aliphatic carbocycles. The van der Waals surface area contributed by atoms with E-state index in [1.165, 1.54) is 11.8 Å². The lowest BCUT2D eigenvalue weighted by atomic mass is 10.2. The number of benzene rings is 2. The highest BCUT2D eigenvalue weighted by Crippen LogP contribution is 2.26. The van der Waals surface area contributed by atoms with E-state index in [-0.39, 0.29) is 11.7 Å². The molecule has 0 aliphatic rings. The Morgan fingerprint density at radius 1 is 1.07 bits per heavy atom. The second-order valence-electron chi connectivity index (χ2n) is 6.16. The maximum Gasteiger partial charge on any atom is 0.234 e. The van der Waals surface area contributed by atoms with Crippen LogP contribution in [0.25, 0.3) is 17.0 Å². The Hall–Kier alpha value is -2.81. The van der Waals surface area contributed by atoms with Crippen LogP contribution in [0.15, 0.2) is 59.6 Å². The van der Waals surface area contributed by atoms with E-state index in [0.29, 0.717) is 32.2 Å². The van der Waals surface area contributed by atoms with Gasteiger partial charge in [0.25, 0.3) is 0 Å². The third-order valence-corrected chi connectivity index (χ3v) is 5.80. The first kappa shape index (κ1) is 20.5. The fourth-order valence-corrected chi connectivity index (χ4v) is 3.63. The molecule has 0 aliphatic heterocycles. The third kappa shape index (κ3) is 4.51. The molecular formula is C20H15Cl2N5O2S. The molecule has 152 valence electrons. The fourth-order valence-electron chi connectivity index (χ4n) is 2.68. The van der Waals surface area contributed by atoms with Crippen molar-refractivity contribution >= 4 is 52.2 Å². The molecule has 0 fully saturated rings. The number of thioether (sulfide) groups is 1. The smallest absolute Gasteiger partial charge is 0.234 e. The van der Waals surface area contributed by atoms with Crippen LogP contribution in [-0.2, 0) is 4.79 Å². The van der Waals surface area contributed by atoms with Gasteiger partial charge in [-0.15, -0.1) is 10.2 Å². The number of hydrogen-bond acceptors (Lipinski definition) is 6. The fraction of sp³-hybridized carbons (Fsp3) is 0.100. The van der Waals surface area contributed by atoms with Crippen molar-refractivity contribution < 1.29 is 9.53 Å². The molecule has 1 amide bonds. The van der Waals surface area contributed by atoms with Crippen LogP contribution < -0.4 is 10.1 Å². The molecule has 30 heavy (non-hydrogen) atoms. The molecule has 2 aromatic heterocycles. The summed E-state index contributed by atoms with van der Waals surface area (Å²) in [6.45, 7) is 0. The van der Waals surface area contributed by atoms with Gasteiger partial charge in [-0.1, -0.05) is 35.0 Å². The second kappa shape index (κ2) is 8.91. The summed E-state index contributed by atoms with van der Waals surface area (Å²) < 4.78 is 6.84. The van der Waals surface area contributed by atoms with Gasteiger partial charge >= 0.3 is 0 Å². The second-order valence-corrected chi connectivity index (χ2v) is 7.97. The van der Waals surface area contributed by atoms with Crippen molar-refractivity contribution in [1.82, 2.24) is 19.8 Å². The van der Waals surface area contributed by atoms with Crippen LogP contribution in [0.1, 0.15) is 0 Å². The predicted molar refractivity (Wildman–Crippen MR) is 119 cm³/mol. The average molecular weight is 460 g/mol. The van der Waals surface area contributed by atoms with Gasteiger partial charge in [-0.3, -0.25) is 4.79 Å². The Labute approximate surface area is 186 Å². The molecule has 0 bridgehead atoms. The van der Waals surface area contributed by atoms with Crippen LogP contribution >= 0.6 is 35.0 Å². The first-order chi connectivity index (χ1) is 14.5. The quantitative estimate of drug-likeness (QED) is 0.415. The Balaban J connectivity index is 1.47. The predicted octanol–water partition coefficient (Wildman–Crippen LogP) is 4.84. The first-order valence-electron chi connectivity index (χ1n) is 8.78. The van der Waals surface area contributed by atoms with Crippen LogP contribution in [0.2, 0.25) is 10.0 Å². The Kier molecular flexibility index (Phi) is 6.08. The van der Waals surface area contributed by atoms with Gasteiger partial charge in [0, 0.05) is 11.3 Å². The van der Waals surface area contributed by atoms with Gasteiger partial charge in [-0.2, -0.15) is 9.61 Å². The molecule has 0 saturated heterocycles. The number of halogens is 2. The van der Waals surface area contributed by atoms with Crippen molar-refractivity contribution in [3.05, 3.63) is 64.6 Å². The zero-order chi connectivity index (χ0) is 21.1. The molecule has 2 aromatic carbocycles. The van der Waals surface area contributed by atoms with Crippen molar-refractivity contribution in [2.45, 2.75) is 5.03 Å². The summed E-state index contributed by atoms with van der Waals surface area (Å²) in [5.41, 5.74) is 2.06. The zero-order valence-electron chi connectivity index (χ0n) is 15.7. The number of methoxy groups -OCH3 is 1. The van der Waals surface area contributed by atoms with Crippen LogP contribution in [0.3, 0.4) is 0 Å². The molecule has 10 heteroatoms. The molecule has 7 nitrogen and oxygen atoms in total. The summed E-state index contributed by atoms with van der Waals surface area (Å²) in [6.07, 6.45) is 0. The summed E-state index contributed by atoms with van der Waals surface area (Å²) in [5.74, 6) is 1.36. The van der Waals surface area contributed by atoms with E-state index in [9.17, 15) is 4.79 Å². The van der Waals surface area contributed by atoms with Gasteiger partial charge in [-0.05, 0) is 54.6 Å². The van der Waals surface area contributed by atoms with Crippen LogP contribution in [0, 0.1) is 0 Å². The van der Waals surface area contributed by atoms with E-state index in [1.54, 1.807) is 35.9 Å². The van der Waals surface area contributed by atoms with Crippen molar-refractivity contribution in [2.24, 2.45) is 0 Å². The molecule has 0 spiro atoms. The van der Waals surface area contributed by atoms with Gasteiger partial charge < -0.3 is 10.1 Å². The monoisotopic (exact) mass is 459 g/mol. The highest BCUT2D eigenvalue weighted by atomic mass is 35.5. The van der Waals surface area contributed by atoms with E-state index in [0.717, 1.165) is 11.3 Å². The number of carbonyl (C=O) groups excluding carboxylic acids is 1. The van der Waals surface area contributed by atoms with Crippen LogP contribution in [0.4, 0.5) is 5.69 Å². The number of nitrogens with zero attached hydrogens (tertiary/aromatic N) is 4. The molecule has 4 aromatic rings. The van der Waals surface area contributed by atoms with Crippen molar-refractivity contribution in [3.63, 3.8) is 0 Å². The van der Waals surface area contributed by atoms with E-state index < -0.39 is 0 Å². The molecule has 4 rings (SSSR count). The van der Waals surface area contributed by atoms with Crippen molar-refractivity contribution in [1.29, 1.82) is 0 Å². The molecule has 0 unspecified atom stereocenters. The third-order valence-electron chi connectivity index (χ3n) is 4.14. The van der Waals surface area contributed by atoms with E-state index in [4.69, 9.17) is 27.9 Å². The summed E-state index contributed by atoms with van der Waals surface area (Å²) in [5, 5.41) is 17.2. The number of carbonyl (C=O) groups is 1. The van der Waals surface area contributed by atoms with Gasteiger partial charge in [0.05, 0.1) is 22.9 Å².